The number of aldehydes is 1. The Kier molecular flexibility index (Phi) is 5.12. The predicted molar refractivity (Wildman–Crippen MR) is 71.1 cm³/mol. The van der Waals surface area contributed by atoms with Gasteiger partial charge in [-0.1, -0.05) is 25.5 Å². The van der Waals surface area contributed by atoms with E-state index >= 15 is 0 Å². The quantitative estimate of drug-likeness (QED) is 0.397. The highest BCUT2D eigenvalue weighted by Crippen LogP contribution is 2.59. The van der Waals surface area contributed by atoms with E-state index in [2.05, 4.69) is 31.6 Å². The van der Waals surface area contributed by atoms with Gasteiger partial charge in [0.15, 0.2) is 0 Å². The highest BCUT2D eigenvalue weighted by atomic mass is 16.5. The molecule has 0 heterocycles. The number of methoxy groups -OCH3 is 1. The maximum Gasteiger partial charge on any atom is 0.305 e. The molecule has 1 fully saturated rings. The molecule has 1 rings (SSSR count). The second kappa shape index (κ2) is 6.17. The molecular weight excluding hydrogens is 228 g/mol. The fraction of sp³-hybridized carbons (Fsp3) is 0.733. The summed E-state index contributed by atoms with van der Waals surface area (Å²) >= 11 is 0. The van der Waals surface area contributed by atoms with Crippen LogP contribution in [0.4, 0.5) is 0 Å². The Morgan fingerprint density at radius 2 is 2.00 bits per heavy atom. The summed E-state index contributed by atoms with van der Waals surface area (Å²) in [5, 5.41) is 0. The van der Waals surface area contributed by atoms with Crippen LogP contribution >= 0.6 is 0 Å². The first-order valence-corrected chi connectivity index (χ1v) is 6.61. The van der Waals surface area contributed by atoms with Gasteiger partial charge in [-0.25, -0.2) is 0 Å². The van der Waals surface area contributed by atoms with Gasteiger partial charge in [-0.3, -0.25) is 4.79 Å². The van der Waals surface area contributed by atoms with Gasteiger partial charge in [-0.2, -0.15) is 0 Å². The Hall–Kier alpha value is -1.12. The van der Waals surface area contributed by atoms with Crippen LogP contribution in [0.3, 0.4) is 0 Å². The minimum Gasteiger partial charge on any atom is -0.469 e. The Labute approximate surface area is 110 Å². The van der Waals surface area contributed by atoms with E-state index < -0.39 is 0 Å². The van der Waals surface area contributed by atoms with Gasteiger partial charge in [0.2, 0.25) is 0 Å². The fourth-order valence-corrected chi connectivity index (χ4v) is 2.63. The molecule has 2 atom stereocenters. The van der Waals surface area contributed by atoms with Crippen molar-refractivity contribution in [3.05, 3.63) is 11.6 Å². The summed E-state index contributed by atoms with van der Waals surface area (Å²) in [6.07, 6.45) is 6.46. The Morgan fingerprint density at radius 1 is 1.33 bits per heavy atom. The van der Waals surface area contributed by atoms with Gasteiger partial charge in [-0.05, 0) is 37.5 Å². The monoisotopic (exact) mass is 252 g/mol. The first-order valence-electron chi connectivity index (χ1n) is 6.61. The molecule has 0 aromatic carbocycles. The minimum absolute atomic E-state index is 0.164. The van der Waals surface area contributed by atoms with Crippen LogP contribution in [0.1, 0.15) is 46.5 Å². The van der Waals surface area contributed by atoms with Crippen LogP contribution in [-0.4, -0.2) is 19.4 Å². The summed E-state index contributed by atoms with van der Waals surface area (Å²) in [5.74, 6) is 0.600. The van der Waals surface area contributed by atoms with Gasteiger partial charge < -0.3 is 9.53 Å². The highest BCUT2D eigenvalue weighted by Gasteiger charge is 2.56. The molecule has 0 bridgehead atoms. The standard InChI is InChI=1S/C15H24O3/c1-11(6-5-7-14(17)18-4)8-9-12-13(10-16)15(12,2)3/h6,10,12-13H,5,7-9H2,1-4H3/b11-6+/t12-,13-/m1/s1. The van der Waals surface area contributed by atoms with E-state index in [1.807, 2.05) is 0 Å². The van der Waals surface area contributed by atoms with Crippen molar-refractivity contribution >= 4 is 12.3 Å². The second-order valence-corrected chi connectivity index (χ2v) is 5.79. The SMILES string of the molecule is COC(=O)CC/C=C(\C)CC[C@@H]1[C@@H](C=O)C1(C)C. The van der Waals surface area contributed by atoms with Crippen LogP contribution in [0.2, 0.25) is 0 Å². The van der Waals surface area contributed by atoms with Crippen LogP contribution in [0.25, 0.3) is 0 Å². The van der Waals surface area contributed by atoms with Crippen LogP contribution in [0.5, 0.6) is 0 Å². The summed E-state index contributed by atoms with van der Waals surface area (Å²) < 4.78 is 4.59. The molecule has 0 aromatic rings. The van der Waals surface area contributed by atoms with E-state index in [1.54, 1.807) is 0 Å². The molecular formula is C15H24O3. The van der Waals surface area contributed by atoms with Gasteiger partial charge >= 0.3 is 5.97 Å². The molecule has 0 radical (unpaired) electrons. The average Bonchev–Trinajstić information content (AvgIpc) is 2.87. The van der Waals surface area contributed by atoms with E-state index in [9.17, 15) is 9.59 Å². The zero-order valence-corrected chi connectivity index (χ0v) is 11.9. The van der Waals surface area contributed by atoms with Gasteiger partial charge in [0.1, 0.15) is 6.29 Å². The van der Waals surface area contributed by atoms with E-state index in [1.165, 1.54) is 12.7 Å². The highest BCUT2D eigenvalue weighted by molar-refractivity contribution is 5.69. The number of carbonyl (C=O) groups excluding carboxylic acids is 2. The lowest BCUT2D eigenvalue weighted by molar-refractivity contribution is -0.140. The van der Waals surface area contributed by atoms with Crippen LogP contribution in [0.15, 0.2) is 11.6 Å². The number of allylic oxidation sites excluding steroid dienone is 2. The molecule has 102 valence electrons. The summed E-state index contributed by atoms with van der Waals surface area (Å²) in [6, 6.07) is 0. The lowest BCUT2D eigenvalue weighted by Crippen LogP contribution is -1.98. The van der Waals surface area contributed by atoms with E-state index in [0.29, 0.717) is 12.3 Å². The number of esters is 1. The zero-order chi connectivity index (χ0) is 13.8. The van der Waals surface area contributed by atoms with E-state index in [0.717, 1.165) is 25.5 Å². The Bertz CT molecular complexity index is 342. The van der Waals surface area contributed by atoms with E-state index in [-0.39, 0.29) is 17.3 Å². The maximum absolute atomic E-state index is 10.9. The zero-order valence-electron chi connectivity index (χ0n) is 11.9. The molecule has 1 aliphatic rings. The molecule has 0 aromatic heterocycles. The van der Waals surface area contributed by atoms with Gasteiger partial charge in [-0.15, -0.1) is 0 Å². The van der Waals surface area contributed by atoms with Crippen molar-refractivity contribution in [2.75, 3.05) is 7.11 Å². The van der Waals surface area contributed by atoms with Gasteiger partial charge in [0, 0.05) is 12.3 Å². The molecule has 0 amide bonds. The summed E-state index contributed by atoms with van der Waals surface area (Å²) in [7, 11) is 1.41. The van der Waals surface area contributed by atoms with Crippen LogP contribution in [0, 0.1) is 17.3 Å². The van der Waals surface area contributed by atoms with Crippen molar-refractivity contribution in [3.63, 3.8) is 0 Å². The topological polar surface area (TPSA) is 43.4 Å². The molecule has 3 nitrogen and oxygen atoms in total. The molecule has 0 saturated heterocycles. The molecule has 1 saturated carbocycles. The number of hydrogen-bond donors (Lipinski definition) is 0. The van der Waals surface area contributed by atoms with Crippen molar-refractivity contribution < 1.29 is 14.3 Å². The van der Waals surface area contributed by atoms with Crippen molar-refractivity contribution in [3.8, 4) is 0 Å². The molecule has 3 heteroatoms. The number of hydrogen-bond acceptors (Lipinski definition) is 3. The smallest absolute Gasteiger partial charge is 0.305 e. The Morgan fingerprint density at radius 3 is 2.50 bits per heavy atom. The first-order chi connectivity index (χ1) is 8.43. The van der Waals surface area contributed by atoms with Crippen molar-refractivity contribution in [1.29, 1.82) is 0 Å². The van der Waals surface area contributed by atoms with E-state index in [4.69, 9.17) is 0 Å². The summed E-state index contributed by atoms with van der Waals surface area (Å²) in [6.45, 7) is 6.41. The summed E-state index contributed by atoms with van der Waals surface area (Å²) in [4.78, 5) is 21.8. The fourth-order valence-electron chi connectivity index (χ4n) is 2.63. The third-order valence-corrected chi connectivity index (χ3v) is 4.20. The number of carbonyl (C=O) groups is 2. The van der Waals surface area contributed by atoms with Crippen molar-refractivity contribution in [2.45, 2.75) is 46.5 Å². The predicted octanol–water partition coefficient (Wildman–Crippen LogP) is 3.14. The average molecular weight is 252 g/mol. The lowest BCUT2D eigenvalue weighted by Gasteiger charge is -2.03. The molecule has 0 aliphatic heterocycles. The lowest BCUT2D eigenvalue weighted by atomic mass is 10.0. The summed E-state index contributed by atoms with van der Waals surface area (Å²) in [5.41, 5.74) is 1.49. The Balaban J connectivity index is 2.25. The maximum atomic E-state index is 10.9. The third-order valence-electron chi connectivity index (χ3n) is 4.20. The van der Waals surface area contributed by atoms with Crippen LogP contribution < -0.4 is 0 Å². The first kappa shape index (κ1) is 14.9. The molecule has 18 heavy (non-hydrogen) atoms. The largest absolute Gasteiger partial charge is 0.469 e. The molecule has 0 spiro atoms. The number of ether oxygens (including phenoxy) is 1. The van der Waals surface area contributed by atoms with Gasteiger partial charge in [0.25, 0.3) is 0 Å². The van der Waals surface area contributed by atoms with Gasteiger partial charge in [0.05, 0.1) is 7.11 Å². The van der Waals surface area contributed by atoms with Crippen molar-refractivity contribution in [1.82, 2.24) is 0 Å². The molecule has 0 unspecified atom stereocenters. The molecule has 1 aliphatic carbocycles. The normalized spacial score (nSPS) is 25.7. The number of rotatable bonds is 7. The van der Waals surface area contributed by atoms with Crippen LogP contribution in [-0.2, 0) is 14.3 Å². The van der Waals surface area contributed by atoms with Crippen molar-refractivity contribution in [2.24, 2.45) is 17.3 Å². The second-order valence-electron chi connectivity index (χ2n) is 5.79. The minimum atomic E-state index is -0.164. The third kappa shape index (κ3) is 3.69. The molecule has 0 N–H and O–H groups in total.